The molecule has 1 heterocycles. The van der Waals surface area contributed by atoms with E-state index < -0.39 is 0 Å². The second-order valence-corrected chi connectivity index (χ2v) is 2.34. The standard InChI is InChI=1S/C8H9NO/c1-6-3-8(5-10)4-7(2)9-6/h3-4,9H,1-2H3. The molecule has 0 aromatic carbocycles. The van der Waals surface area contributed by atoms with Gasteiger partial charge in [-0.1, -0.05) is 0 Å². The molecular weight excluding hydrogens is 126 g/mol. The molecule has 2 nitrogen and oxygen atoms in total. The molecule has 0 bridgehead atoms. The van der Waals surface area contributed by atoms with Gasteiger partial charge in [0.2, 0.25) is 0 Å². The van der Waals surface area contributed by atoms with E-state index in [1.54, 1.807) is 12.2 Å². The molecule has 1 aliphatic heterocycles. The molecule has 0 unspecified atom stereocenters. The Kier molecular flexibility index (Phi) is 1.74. The van der Waals surface area contributed by atoms with Crippen LogP contribution in [0.2, 0.25) is 0 Å². The highest BCUT2D eigenvalue weighted by Crippen LogP contribution is 2.08. The summed E-state index contributed by atoms with van der Waals surface area (Å²) in [6, 6.07) is 0. The maximum absolute atomic E-state index is 10.2. The zero-order chi connectivity index (χ0) is 7.56. The van der Waals surface area contributed by atoms with Crippen molar-refractivity contribution in [1.29, 1.82) is 0 Å². The zero-order valence-electron chi connectivity index (χ0n) is 6.06. The normalized spacial score (nSPS) is 16.8. The highest BCUT2D eigenvalue weighted by atomic mass is 16.1. The molecule has 0 saturated carbocycles. The van der Waals surface area contributed by atoms with Gasteiger partial charge < -0.3 is 5.32 Å². The number of rotatable bonds is 0. The molecule has 0 fully saturated rings. The number of dihydropyridines is 1. The molecule has 1 rings (SSSR count). The van der Waals surface area contributed by atoms with Crippen molar-refractivity contribution in [3.8, 4) is 0 Å². The highest BCUT2D eigenvalue weighted by molar-refractivity contribution is 5.64. The Hall–Kier alpha value is -1.27. The van der Waals surface area contributed by atoms with Crippen LogP contribution in [0.4, 0.5) is 0 Å². The van der Waals surface area contributed by atoms with Crippen LogP contribution in [-0.2, 0) is 4.79 Å². The van der Waals surface area contributed by atoms with Crippen molar-refractivity contribution in [1.82, 2.24) is 5.32 Å². The van der Waals surface area contributed by atoms with Gasteiger partial charge in [-0.15, -0.1) is 0 Å². The molecule has 0 amide bonds. The second kappa shape index (κ2) is 2.54. The average Bonchev–Trinajstić information content (AvgIpc) is 1.85. The summed E-state index contributed by atoms with van der Waals surface area (Å²) in [7, 11) is 0. The topological polar surface area (TPSA) is 29.1 Å². The molecule has 0 saturated heterocycles. The van der Waals surface area contributed by atoms with E-state index in [0.717, 1.165) is 11.4 Å². The van der Waals surface area contributed by atoms with E-state index in [0.29, 0.717) is 5.57 Å². The van der Waals surface area contributed by atoms with Gasteiger partial charge in [-0.25, -0.2) is 4.79 Å². The summed E-state index contributed by atoms with van der Waals surface area (Å²) in [5.74, 6) is 1.84. The maximum atomic E-state index is 10.2. The van der Waals surface area contributed by atoms with Crippen LogP contribution < -0.4 is 5.32 Å². The molecular formula is C8H9NO. The smallest absolute Gasteiger partial charge is 0.132 e. The molecule has 10 heavy (non-hydrogen) atoms. The van der Waals surface area contributed by atoms with Crippen molar-refractivity contribution in [3.05, 3.63) is 29.1 Å². The quantitative estimate of drug-likeness (QED) is 0.505. The summed E-state index contributed by atoms with van der Waals surface area (Å²) in [6.45, 7) is 3.82. The minimum Gasteiger partial charge on any atom is -0.363 e. The third-order valence-electron chi connectivity index (χ3n) is 1.26. The van der Waals surface area contributed by atoms with E-state index in [1.807, 2.05) is 19.8 Å². The summed E-state index contributed by atoms with van der Waals surface area (Å²) >= 11 is 0. The van der Waals surface area contributed by atoms with Gasteiger partial charge in [-0.05, 0) is 26.0 Å². The number of carbonyl (C=O) groups excluding carboxylic acids is 1. The van der Waals surface area contributed by atoms with E-state index in [4.69, 9.17) is 0 Å². The molecule has 2 heteroatoms. The predicted octanol–water partition coefficient (Wildman–Crippen LogP) is 1.16. The lowest BCUT2D eigenvalue weighted by Gasteiger charge is -2.10. The van der Waals surface area contributed by atoms with Crippen molar-refractivity contribution < 1.29 is 4.79 Å². The van der Waals surface area contributed by atoms with Crippen LogP contribution in [-0.4, -0.2) is 5.94 Å². The van der Waals surface area contributed by atoms with Crippen LogP contribution in [0.15, 0.2) is 29.1 Å². The Morgan fingerprint density at radius 1 is 1.30 bits per heavy atom. The first kappa shape index (κ1) is 6.84. The molecule has 0 radical (unpaired) electrons. The zero-order valence-corrected chi connectivity index (χ0v) is 6.06. The van der Waals surface area contributed by atoms with Gasteiger partial charge in [0.1, 0.15) is 5.94 Å². The Labute approximate surface area is 59.9 Å². The van der Waals surface area contributed by atoms with Crippen LogP contribution in [0.25, 0.3) is 0 Å². The molecule has 0 aromatic heterocycles. The van der Waals surface area contributed by atoms with Gasteiger partial charge in [-0.2, -0.15) is 0 Å². The lowest BCUT2D eigenvalue weighted by molar-refractivity contribution is 0.568. The molecule has 0 aromatic rings. The third kappa shape index (κ3) is 1.36. The average molecular weight is 135 g/mol. The van der Waals surface area contributed by atoms with E-state index in [9.17, 15) is 4.79 Å². The number of hydrogen-bond donors (Lipinski definition) is 1. The van der Waals surface area contributed by atoms with Crippen LogP contribution in [0, 0.1) is 0 Å². The fourth-order valence-corrected chi connectivity index (χ4v) is 0.950. The van der Waals surface area contributed by atoms with Crippen LogP contribution >= 0.6 is 0 Å². The van der Waals surface area contributed by atoms with E-state index >= 15 is 0 Å². The van der Waals surface area contributed by atoms with Crippen LogP contribution in [0.3, 0.4) is 0 Å². The first-order valence-corrected chi connectivity index (χ1v) is 3.11. The lowest BCUT2D eigenvalue weighted by Crippen LogP contribution is -2.11. The van der Waals surface area contributed by atoms with Crippen molar-refractivity contribution in [2.75, 3.05) is 0 Å². The number of allylic oxidation sites excluding steroid dienone is 5. The molecule has 52 valence electrons. The summed E-state index contributed by atoms with van der Waals surface area (Å²) in [5, 5.41) is 3.07. The Balaban J connectivity index is 2.98. The van der Waals surface area contributed by atoms with Gasteiger partial charge in [0.15, 0.2) is 0 Å². The molecule has 0 atom stereocenters. The molecule has 0 aliphatic carbocycles. The van der Waals surface area contributed by atoms with E-state index in [-0.39, 0.29) is 0 Å². The fourth-order valence-electron chi connectivity index (χ4n) is 0.950. The van der Waals surface area contributed by atoms with Crippen molar-refractivity contribution in [2.45, 2.75) is 13.8 Å². The van der Waals surface area contributed by atoms with Crippen LogP contribution in [0.1, 0.15) is 13.8 Å². The minimum absolute atomic E-state index is 0.605. The summed E-state index contributed by atoms with van der Waals surface area (Å²) in [5.41, 5.74) is 2.57. The molecule has 1 N–H and O–H groups in total. The van der Waals surface area contributed by atoms with Gasteiger partial charge >= 0.3 is 0 Å². The lowest BCUT2D eigenvalue weighted by atomic mass is 10.1. The van der Waals surface area contributed by atoms with Crippen LogP contribution in [0.5, 0.6) is 0 Å². The van der Waals surface area contributed by atoms with Crippen molar-refractivity contribution in [3.63, 3.8) is 0 Å². The largest absolute Gasteiger partial charge is 0.363 e. The van der Waals surface area contributed by atoms with E-state index in [1.165, 1.54) is 0 Å². The summed E-state index contributed by atoms with van der Waals surface area (Å²) in [6.07, 6.45) is 3.53. The molecule has 0 spiro atoms. The first-order chi connectivity index (χ1) is 4.72. The highest BCUT2D eigenvalue weighted by Gasteiger charge is 2.00. The summed E-state index contributed by atoms with van der Waals surface area (Å²) in [4.78, 5) is 10.2. The van der Waals surface area contributed by atoms with E-state index in [2.05, 4.69) is 5.32 Å². The SMILES string of the molecule is CC1=CC(=C=O)C=C(C)N1. The third-order valence-corrected chi connectivity index (χ3v) is 1.26. The van der Waals surface area contributed by atoms with Crippen molar-refractivity contribution in [2.24, 2.45) is 0 Å². The minimum atomic E-state index is 0.605. The second-order valence-electron chi connectivity index (χ2n) is 2.34. The predicted molar refractivity (Wildman–Crippen MR) is 39.9 cm³/mol. The molecule has 1 aliphatic rings. The Bertz CT molecular complexity index is 234. The van der Waals surface area contributed by atoms with Gasteiger partial charge in [-0.3, -0.25) is 0 Å². The van der Waals surface area contributed by atoms with Gasteiger partial charge in [0, 0.05) is 11.4 Å². The number of hydrogen-bond acceptors (Lipinski definition) is 2. The Morgan fingerprint density at radius 3 is 2.20 bits per heavy atom. The van der Waals surface area contributed by atoms with Gasteiger partial charge in [0.25, 0.3) is 0 Å². The number of nitrogens with one attached hydrogen (secondary N) is 1. The van der Waals surface area contributed by atoms with Crippen molar-refractivity contribution >= 4 is 5.94 Å². The monoisotopic (exact) mass is 135 g/mol. The Morgan fingerprint density at radius 2 is 1.80 bits per heavy atom. The van der Waals surface area contributed by atoms with Gasteiger partial charge in [0.05, 0.1) is 5.57 Å². The fraction of sp³-hybridized carbons (Fsp3) is 0.250. The maximum Gasteiger partial charge on any atom is 0.132 e. The first-order valence-electron chi connectivity index (χ1n) is 3.11. The summed E-state index contributed by atoms with van der Waals surface area (Å²) < 4.78 is 0.